The van der Waals surface area contributed by atoms with E-state index in [1.807, 2.05) is 18.2 Å². The number of carbonyl (C=O) groups is 1. The van der Waals surface area contributed by atoms with E-state index in [0.717, 1.165) is 11.8 Å². The highest BCUT2D eigenvalue weighted by Gasteiger charge is 2.09. The third-order valence-corrected chi connectivity index (χ3v) is 3.47. The van der Waals surface area contributed by atoms with Gasteiger partial charge in [0, 0.05) is 17.7 Å². The molecule has 0 saturated heterocycles. The number of hydrogen-bond donors (Lipinski definition) is 0. The highest BCUT2D eigenvalue weighted by molar-refractivity contribution is 7.99. The van der Waals surface area contributed by atoms with Gasteiger partial charge in [0.25, 0.3) is 5.22 Å². The fourth-order valence-electron chi connectivity index (χ4n) is 1.45. The monoisotopic (exact) mass is 262 g/mol. The van der Waals surface area contributed by atoms with Crippen LogP contribution in [0.1, 0.15) is 17.5 Å². The van der Waals surface area contributed by atoms with Crippen LogP contribution < -0.4 is 0 Å². The lowest BCUT2D eigenvalue weighted by molar-refractivity contribution is -0.107. The van der Waals surface area contributed by atoms with Crippen molar-refractivity contribution in [3.8, 4) is 11.5 Å². The molecule has 1 aromatic carbocycles. The van der Waals surface area contributed by atoms with Crippen molar-refractivity contribution in [2.24, 2.45) is 0 Å². The molecule has 0 unspecified atom stereocenters. The molecule has 4 nitrogen and oxygen atoms in total. The zero-order chi connectivity index (χ0) is 13.0. The first kappa shape index (κ1) is 12.8. The second-order valence-corrected chi connectivity index (χ2v) is 5.02. The molecule has 94 valence electrons. The van der Waals surface area contributed by atoms with Gasteiger partial charge >= 0.3 is 0 Å². The standard InChI is InChI=1S/C13H14N2O2S/c1-9-4-5-11(8-10(9)2)12-14-15-13(17-12)18-7-3-6-16/h4-6,8H,3,7H2,1-2H3. The molecular formula is C13H14N2O2S. The van der Waals surface area contributed by atoms with Crippen LogP contribution in [0.5, 0.6) is 0 Å². The molecule has 5 heteroatoms. The summed E-state index contributed by atoms with van der Waals surface area (Å²) in [5.74, 6) is 1.18. The number of benzene rings is 1. The predicted molar refractivity (Wildman–Crippen MR) is 70.6 cm³/mol. The first-order valence-electron chi connectivity index (χ1n) is 5.68. The molecule has 0 amide bonds. The average molecular weight is 262 g/mol. The smallest absolute Gasteiger partial charge is 0.276 e. The van der Waals surface area contributed by atoms with Gasteiger partial charge in [0.15, 0.2) is 0 Å². The van der Waals surface area contributed by atoms with E-state index >= 15 is 0 Å². The van der Waals surface area contributed by atoms with Gasteiger partial charge in [-0.25, -0.2) is 0 Å². The summed E-state index contributed by atoms with van der Waals surface area (Å²) in [4.78, 5) is 10.2. The van der Waals surface area contributed by atoms with Gasteiger partial charge in [-0.3, -0.25) is 0 Å². The summed E-state index contributed by atoms with van der Waals surface area (Å²) in [5.41, 5.74) is 3.35. The van der Waals surface area contributed by atoms with Crippen LogP contribution in [0.2, 0.25) is 0 Å². The van der Waals surface area contributed by atoms with Crippen molar-refractivity contribution in [1.29, 1.82) is 0 Å². The molecule has 2 aromatic rings. The maximum Gasteiger partial charge on any atom is 0.276 e. The Balaban J connectivity index is 2.13. The Labute approximate surface area is 110 Å². The molecule has 0 atom stereocenters. The topological polar surface area (TPSA) is 56.0 Å². The van der Waals surface area contributed by atoms with E-state index in [4.69, 9.17) is 4.42 Å². The van der Waals surface area contributed by atoms with Crippen LogP contribution in [-0.4, -0.2) is 22.2 Å². The fraction of sp³-hybridized carbons (Fsp3) is 0.308. The third kappa shape index (κ3) is 2.98. The number of hydrogen-bond acceptors (Lipinski definition) is 5. The van der Waals surface area contributed by atoms with Gasteiger partial charge in [0.05, 0.1) is 0 Å². The summed E-state index contributed by atoms with van der Waals surface area (Å²) in [6.07, 6.45) is 1.37. The minimum atomic E-state index is 0.492. The lowest BCUT2D eigenvalue weighted by atomic mass is 10.1. The van der Waals surface area contributed by atoms with Gasteiger partial charge in [0.2, 0.25) is 5.89 Å². The molecule has 18 heavy (non-hydrogen) atoms. The maximum atomic E-state index is 10.2. The fourth-order valence-corrected chi connectivity index (χ4v) is 2.08. The highest BCUT2D eigenvalue weighted by Crippen LogP contribution is 2.24. The van der Waals surface area contributed by atoms with E-state index in [1.54, 1.807) is 0 Å². The van der Waals surface area contributed by atoms with Crippen molar-refractivity contribution < 1.29 is 9.21 Å². The van der Waals surface area contributed by atoms with Crippen LogP contribution >= 0.6 is 11.8 Å². The van der Waals surface area contributed by atoms with Crippen molar-refractivity contribution in [3.05, 3.63) is 29.3 Å². The summed E-state index contributed by atoms with van der Waals surface area (Å²) < 4.78 is 5.54. The Bertz CT molecular complexity index is 552. The van der Waals surface area contributed by atoms with Gasteiger partial charge < -0.3 is 9.21 Å². The normalized spacial score (nSPS) is 10.6. The van der Waals surface area contributed by atoms with Crippen molar-refractivity contribution in [3.63, 3.8) is 0 Å². The van der Waals surface area contributed by atoms with Crippen LogP contribution in [0.4, 0.5) is 0 Å². The van der Waals surface area contributed by atoms with E-state index in [1.165, 1.54) is 22.9 Å². The quantitative estimate of drug-likeness (QED) is 0.471. The van der Waals surface area contributed by atoms with Gasteiger partial charge in [-0.2, -0.15) is 0 Å². The van der Waals surface area contributed by atoms with Crippen LogP contribution in [-0.2, 0) is 4.79 Å². The zero-order valence-corrected chi connectivity index (χ0v) is 11.2. The van der Waals surface area contributed by atoms with Crippen LogP contribution in [0.25, 0.3) is 11.5 Å². The number of thioether (sulfide) groups is 1. The molecule has 0 N–H and O–H groups in total. The van der Waals surface area contributed by atoms with Gasteiger partial charge in [0.1, 0.15) is 6.29 Å². The van der Waals surface area contributed by atoms with E-state index in [9.17, 15) is 4.79 Å². The third-order valence-electron chi connectivity index (χ3n) is 2.62. The maximum absolute atomic E-state index is 10.2. The molecule has 0 bridgehead atoms. The first-order valence-corrected chi connectivity index (χ1v) is 6.67. The molecule has 0 fully saturated rings. The molecule has 0 saturated carbocycles. The predicted octanol–water partition coefficient (Wildman–Crippen LogP) is 3.03. The molecule has 2 rings (SSSR count). The summed E-state index contributed by atoms with van der Waals surface area (Å²) in [6.45, 7) is 4.11. The summed E-state index contributed by atoms with van der Waals surface area (Å²) in [6, 6.07) is 6.03. The average Bonchev–Trinajstić information content (AvgIpc) is 2.82. The Morgan fingerprint density at radius 2 is 2.11 bits per heavy atom. The van der Waals surface area contributed by atoms with Crippen molar-refractivity contribution in [2.45, 2.75) is 25.5 Å². The molecule has 1 heterocycles. The Hall–Kier alpha value is -1.62. The molecular weight excluding hydrogens is 248 g/mol. The number of aldehydes is 1. The second kappa shape index (κ2) is 5.82. The molecule has 0 aliphatic rings. The number of aryl methyl sites for hydroxylation is 2. The largest absolute Gasteiger partial charge is 0.411 e. The lowest BCUT2D eigenvalue weighted by Gasteiger charge is -2.00. The minimum Gasteiger partial charge on any atom is -0.411 e. The summed E-state index contributed by atoms with van der Waals surface area (Å²) >= 11 is 1.40. The van der Waals surface area contributed by atoms with Crippen molar-refractivity contribution in [2.75, 3.05) is 5.75 Å². The number of rotatable bonds is 5. The number of aromatic nitrogens is 2. The molecule has 0 aliphatic heterocycles. The van der Waals surface area contributed by atoms with Crippen molar-refractivity contribution >= 4 is 18.0 Å². The Kier molecular flexibility index (Phi) is 4.15. The highest BCUT2D eigenvalue weighted by atomic mass is 32.2. The Morgan fingerprint density at radius 3 is 2.83 bits per heavy atom. The van der Waals surface area contributed by atoms with Crippen LogP contribution in [0.3, 0.4) is 0 Å². The first-order chi connectivity index (χ1) is 8.70. The number of carbonyl (C=O) groups excluding carboxylic acids is 1. The Morgan fingerprint density at radius 1 is 1.28 bits per heavy atom. The van der Waals surface area contributed by atoms with Gasteiger partial charge in [-0.05, 0) is 37.1 Å². The van der Waals surface area contributed by atoms with Crippen molar-refractivity contribution in [1.82, 2.24) is 10.2 Å². The second-order valence-electron chi connectivity index (χ2n) is 3.98. The van der Waals surface area contributed by atoms with E-state index < -0.39 is 0 Å². The van der Waals surface area contributed by atoms with Gasteiger partial charge in [-0.15, -0.1) is 10.2 Å². The van der Waals surface area contributed by atoms with Gasteiger partial charge in [-0.1, -0.05) is 17.8 Å². The molecule has 1 aromatic heterocycles. The van der Waals surface area contributed by atoms with E-state index in [-0.39, 0.29) is 0 Å². The van der Waals surface area contributed by atoms with Crippen LogP contribution in [0.15, 0.2) is 27.8 Å². The number of nitrogens with zero attached hydrogens (tertiary/aromatic N) is 2. The van der Waals surface area contributed by atoms with Crippen LogP contribution in [0, 0.1) is 13.8 Å². The molecule has 0 radical (unpaired) electrons. The SMILES string of the molecule is Cc1ccc(-c2nnc(SCCC=O)o2)cc1C. The molecule has 0 spiro atoms. The zero-order valence-electron chi connectivity index (χ0n) is 10.3. The lowest BCUT2D eigenvalue weighted by Crippen LogP contribution is -1.83. The molecule has 0 aliphatic carbocycles. The summed E-state index contributed by atoms with van der Waals surface area (Å²) in [7, 11) is 0. The minimum absolute atomic E-state index is 0.492. The summed E-state index contributed by atoms with van der Waals surface area (Å²) in [5, 5.41) is 8.46. The van der Waals surface area contributed by atoms with E-state index in [2.05, 4.69) is 24.0 Å². The van der Waals surface area contributed by atoms with E-state index in [0.29, 0.717) is 23.3 Å².